The molecular weight excluding hydrogens is 603 g/mol. The average molecular weight is 625 g/mol. The van der Waals surface area contributed by atoms with Gasteiger partial charge in [0, 0.05) is 41.3 Å². The zero-order valence-corrected chi connectivity index (χ0v) is 20.5. The normalized spacial score (nSPS) is 12.1. The molecule has 0 saturated carbocycles. The standard InChI is InChI=1S/C16H9N2S.C12H10N.Ir/c1-2-6-15-12(5-1)13-8-14(18-10-16(13)19-15)11-4-3-7-17-9-11;1-10-7-8-12(13-9-10)11-5-3-2-4-6-11;/h1-3,5-10H;2-5,7-9H,1H3;/q2*-1;/i;1D3;. The van der Waals surface area contributed by atoms with Crippen LogP contribution in [-0.2, 0) is 20.1 Å². The van der Waals surface area contributed by atoms with Gasteiger partial charge in [0.15, 0.2) is 0 Å². The van der Waals surface area contributed by atoms with Crippen LogP contribution in [0.2, 0.25) is 0 Å². The van der Waals surface area contributed by atoms with Gasteiger partial charge in [0.25, 0.3) is 0 Å². The van der Waals surface area contributed by atoms with E-state index in [1.165, 1.54) is 26.4 Å². The second-order valence-electron chi connectivity index (χ2n) is 7.02. The molecule has 0 atom stereocenters. The van der Waals surface area contributed by atoms with Crippen molar-refractivity contribution in [2.45, 2.75) is 6.85 Å². The van der Waals surface area contributed by atoms with Crippen molar-refractivity contribution in [1.82, 2.24) is 15.0 Å². The van der Waals surface area contributed by atoms with Crippen molar-refractivity contribution < 1.29 is 24.2 Å². The molecule has 0 spiro atoms. The first-order chi connectivity index (χ1) is 17.0. The summed E-state index contributed by atoms with van der Waals surface area (Å²) >= 11 is 1.78. The predicted molar refractivity (Wildman–Crippen MR) is 132 cm³/mol. The molecule has 0 saturated heterocycles. The van der Waals surface area contributed by atoms with E-state index in [0.717, 1.165) is 22.5 Å². The van der Waals surface area contributed by atoms with Crippen molar-refractivity contribution >= 4 is 31.5 Å². The fourth-order valence-corrected chi connectivity index (χ4v) is 4.41. The topological polar surface area (TPSA) is 38.7 Å². The molecule has 0 aliphatic rings. The molecule has 0 fully saturated rings. The Kier molecular flexibility index (Phi) is 6.17. The van der Waals surface area contributed by atoms with Crippen molar-refractivity contribution in [3.8, 4) is 22.5 Å². The smallest absolute Gasteiger partial charge is 0.0521 e. The van der Waals surface area contributed by atoms with Gasteiger partial charge in [-0.05, 0) is 40.6 Å². The maximum absolute atomic E-state index is 7.23. The van der Waals surface area contributed by atoms with E-state index in [-0.39, 0.29) is 25.7 Å². The van der Waals surface area contributed by atoms with Crippen molar-refractivity contribution in [2.24, 2.45) is 0 Å². The molecule has 4 aromatic heterocycles. The summed E-state index contributed by atoms with van der Waals surface area (Å²) in [5, 5.41) is 2.54. The second kappa shape index (κ2) is 10.6. The third-order valence-corrected chi connectivity index (χ3v) is 6.01. The third kappa shape index (κ3) is 5.23. The van der Waals surface area contributed by atoms with Crippen LogP contribution in [0, 0.1) is 19.0 Å². The van der Waals surface area contributed by atoms with Crippen LogP contribution < -0.4 is 0 Å². The Bertz CT molecular complexity index is 1570. The molecule has 2 aromatic carbocycles. The largest absolute Gasteiger partial charge is 0.360 e. The number of aromatic nitrogens is 3. The fourth-order valence-electron chi connectivity index (χ4n) is 3.35. The second-order valence-corrected chi connectivity index (χ2v) is 8.11. The number of thiophene rings is 1. The molecule has 0 amide bonds. The number of pyridine rings is 3. The van der Waals surface area contributed by atoms with Crippen molar-refractivity contribution in [3.63, 3.8) is 0 Å². The van der Waals surface area contributed by atoms with Gasteiger partial charge in [-0.25, -0.2) is 0 Å². The van der Waals surface area contributed by atoms with Crippen LogP contribution in [-0.4, -0.2) is 15.0 Å². The maximum Gasteiger partial charge on any atom is 0.0521 e. The summed E-state index contributed by atoms with van der Waals surface area (Å²) in [5.41, 5.74) is 3.70. The first-order valence-electron chi connectivity index (χ1n) is 11.5. The quantitative estimate of drug-likeness (QED) is 0.192. The van der Waals surface area contributed by atoms with Gasteiger partial charge in [0.2, 0.25) is 0 Å². The zero-order chi connectivity index (χ0) is 24.3. The summed E-state index contributed by atoms with van der Waals surface area (Å²) in [6, 6.07) is 29.3. The van der Waals surface area contributed by atoms with Gasteiger partial charge in [-0.15, -0.1) is 64.9 Å². The van der Waals surface area contributed by atoms with E-state index in [4.69, 9.17) is 4.11 Å². The number of hydrogen-bond donors (Lipinski definition) is 0. The zero-order valence-electron chi connectivity index (χ0n) is 20.3. The molecule has 6 rings (SSSR count). The van der Waals surface area contributed by atoms with E-state index in [1.54, 1.807) is 41.9 Å². The van der Waals surface area contributed by atoms with E-state index in [1.807, 2.05) is 30.5 Å². The Morgan fingerprint density at radius 2 is 1.61 bits per heavy atom. The Morgan fingerprint density at radius 1 is 0.758 bits per heavy atom. The van der Waals surface area contributed by atoms with Crippen molar-refractivity contribution in [1.29, 1.82) is 0 Å². The van der Waals surface area contributed by atoms with Gasteiger partial charge in [-0.2, -0.15) is 0 Å². The van der Waals surface area contributed by atoms with Crippen LogP contribution in [0.1, 0.15) is 9.68 Å². The Morgan fingerprint density at radius 3 is 2.36 bits per heavy atom. The summed E-state index contributed by atoms with van der Waals surface area (Å²) in [5.74, 6) is 0. The molecule has 3 nitrogen and oxygen atoms in total. The van der Waals surface area contributed by atoms with Crippen LogP contribution in [0.25, 0.3) is 42.7 Å². The molecule has 0 N–H and O–H groups in total. The van der Waals surface area contributed by atoms with Crippen LogP contribution in [0.4, 0.5) is 0 Å². The summed E-state index contributed by atoms with van der Waals surface area (Å²) in [6.45, 7) is -2.09. The first-order valence-corrected chi connectivity index (χ1v) is 10.8. The van der Waals surface area contributed by atoms with Gasteiger partial charge < -0.3 is 15.0 Å². The molecule has 33 heavy (non-hydrogen) atoms. The number of benzene rings is 2. The summed E-state index contributed by atoms with van der Waals surface area (Å²) in [6.07, 6.45) is 6.85. The van der Waals surface area contributed by atoms with E-state index in [0.29, 0.717) is 0 Å². The molecular formula is C28H19IrN3S-2. The Labute approximate surface area is 214 Å². The summed E-state index contributed by atoms with van der Waals surface area (Å²) in [4.78, 5) is 12.8. The van der Waals surface area contributed by atoms with Crippen molar-refractivity contribution in [2.75, 3.05) is 0 Å². The van der Waals surface area contributed by atoms with Gasteiger partial charge in [-0.3, -0.25) is 0 Å². The van der Waals surface area contributed by atoms with Gasteiger partial charge in [0.05, 0.1) is 4.70 Å². The number of rotatable bonds is 2. The van der Waals surface area contributed by atoms with Crippen LogP contribution in [0.3, 0.4) is 0 Å². The van der Waals surface area contributed by atoms with Crippen LogP contribution >= 0.6 is 11.3 Å². The summed E-state index contributed by atoms with van der Waals surface area (Å²) < 4.78 is 24.2. The van der Waals surface area contributed by atoms with Crippen LogP contribution in [0.15, 0.2) is 97.6 Å². The SMILES string of the molecule is [2H]C([2H])([2H])c1ccc(-c2[c-]cccc2)nc1.[Ir].[c-]1ccncc1-c1cc2c(cn1)sc1ccccc12. The monoisotopic (exact) mass is 625 g/mol. The van der Waals surface area contributed by atoms with E-state index < -0.39 is 6.85 Å². The number of aryl methyl sites for hydroxylation is 1. The van der Waals surface area contributed by atoms with Gasteiger partial charge in [-0.1, -0.05) is 48.8 Å². The number of fused-ring (bicyclic) bond motifs is 3. The minimum absolute atomic E-state index is 0. The van der Waals surface area contributed by atoms with Crippen LogP contribution in [0.5, 0.6) is 0 Å². The van der Waals surface area contributed by atoms with E-state index in [9.17, 15) is 0 Å². The molecule has 0 bridgehead atoms. The Hall–Kier alpha value is -3.24. The molecule has 5 heteroatoms. The van der Waals surface area contributed by atoms with Crippen molar-refractivity contribution in [3.05, 3.63) is 115 Å². The average Bonchev–Trinajstić information content (AvgIpc) is 3.28. The number of nitrogens with zero attached hydrogens (tertiary/aromatic N) is 3. The molecule has 0 unspecified atom stereocenters. The number of hydrogen-bond acceptors (Lipinski definition) is 4. The maximum atomic E-state index is 7.23. The predicted octanol–water partition coefficient (Wildman–Crippen LogP) is 7.17. The van der Waals surface area contributed by atoms with E-state index >= 15 is 0 Å². The molecule has 163 valence electrons. The van der Waals surface area contributed by atoms with Gasteiger partial charge in [0.1, 0.15) is 0 Å². The fraction of sp³-hybridized carbons (Fsp3) is 0.0357. The molecule has 1 radical (unpaired) electrons. The third-order valence-electron chi connectivity index (χ3n) is 4.89. The molecule has 0 aliphatic heterocycles. The van der Waals surface area contributed by atoms with E-state index in [2.05, 4.69) is 57.4 Å². The Balaban J connectivity index is 0.000000167. The molecule has 6 aromatic rings. The first kappa shape index (κ1) is 19.2. The molecule has 4 heterocycles. The molecule has 0 aliphatic carbocycles. The summed E-state index contributed by atoms with van der Waals surface area (Å²) in [7, 11) is 0. The minimum atomic E-state index is -2.09. The van der Waals surface area contributed by atoms with Gasteiger partial charge >= 0.3 is 0 Å². The minimum Gasteiger partial charge on any atom is -0.360 e.